The van der Waals surface area contributed by atoms with E-state index in [1.165, 1.54) is 25.7 Å². The number of ether oxygens (including phenoxy) is 1. The molecule has 2 N–H and O–H groups in total. The smallest absolute Gasteiger partial charge is 0.138 e. The van der Waals surface area contributed by atoms with Crippen LogP contribution in [0, 0.1) is 11.8 Å². The van der Waals surface area contributed by atoms with E-state index in [0.29, 0.717) is 23.4 Å². The number of rotatable bonds is 8. The Labute approximate surface area is 125 Å². The molecular formula is C16H22ClNO2. The van der Waals surface area contributed by atoms with Gasteiger partial charge in [-0.2, -0.15) is 0 Å². The molecule has 0 bridgehead atoms. The Bertz CT molecular complexity index is 434. The van der Waals surface area contributed by atoms with Crippen LogP contribution in [0.5, 0.6) is 5.75 Å². The first kappa shape index (κ1) is 14.2. The number of aliphatic hydroxyl groups is 1. The molecule has 2 aliphatic rings. The summed E-state index contributed by atoms with van der Waals surface area (Å²) in [5.74, 6) is 2.33. The zero-order chi connectivity index (χ0) is 13.9. The van der Waals surface area contributed by atoms with Gasteiger partial charge in [-0.3, -0.25) is 0 Å². The number of halogens is 1. The maximum Gasteiger partial charge on any atom is 0.138 e. The van der Waals surface area contributed by atoms with Crippen molar-refractivity contribution in [3.05, 3.63) is 29.3 Å². The molecule has 0 radical (unpaired) electrons. The average molecular weight is 296 g/mol. The van der Waals surface area contributed by atoms with Gasteiger partial charge in [-0.15, -0.1) is 0 Å². The molecule has 2 fully saturated rings. The van der Waals surface area contributed by atoms with Gasteiger partial charge in [0.05, 0.1) is 5.02 Å². The topological polar surface area (TPSA) is 41.5 Å². The number of aliphatic hydroxyl groups excluding tert-OH is 1. The number of hydrogen-bond donors (Lipinski definition) is 2. The van der Waals surface area contributed by atoms with Gasteiger partial charge in [0.25, 0.3) is 0 Å². The summed E-state index contributed by atoms with van der Waals surface area (Å²) in [6.07, 6.45) is 4.90. The summed E-state index contributed by atoms with van der Waals surface area (Å²) >= 11 is 6.01. The molecular weight excluding hydrogens is 274 g/mol. The van der Waals surface area contributed by atoms with E-state index in [-0.39, 0.29) is 6.61 Å². The second kappa shape index (κ2) is 6.33. The first-order chi connectivity index (χ1) is 9.74. The summed E-state index contributed by atoms with van der Waals surface area (Å²) in [6.45, 7) is 0.876. The fourth-order valence-electron chi connectivity index (χ4n) is 2.71. The molecule has 1 unspecified atom stereocenters. The summed E-state index contributed by atoms with van der Waals surface area (Å²) in [4.78, 5) is 0. The molecule has 20 heavy (non-hydrogen) atoms. The van der Waals surface area contributed by atoms with Crippen molar-refractivity contribution in [3.63, 3.8) is 0 Å². The van der Waals surface area contributed by atoms with Gasteiger partial charge in [0.15, 0.2) is 0 Å². The molecule has 1 atom stereocenters. The SMILES string of the molecule is OC(CNC(C1CC1)C1CC1)COc1ccccc1Cl. The quantitative estimate of drug-likeness (QED) is 0.775. The highest BCUT2D eigenvalue weighted by Gasteiger charge is 2.41. The first-order valence-electron chi connectivity index (χ1n) is 7.53. The molecule has 0 spiro atoms. The minimum Gasteiger partial charge on any atom is -0.489 e. The second-order valence-corrected chi connectivity index (χ2v) is 6.41. The van der Waals surface area contributed by atoms with E-state index in [1.807, 2.05) is 18.2 Å². The van der Waals surface area contributed by atoms with Crippen LogP contribution in [0.25, 0.3) is 0 Å². The number of benzene rings is 1. The third kappa shape index (κ3) is 3.87. The largest absolute Gasteiger partial charge is 0.489 e. The summed E-state index contributed by atoms with van der Waals surface area (Å²) < 4.78 is 5.56. The maximum absolute atomic E-state index is 10.0. The van der Waals surface area contributed by atoms with Crippen LogP contribution in [0.3, 0.4) is 0 Å². The third-order valence-corrected chi connectivity index (χ3v) is 4.43. The lowest BCUT2D eigenvalue weighted by Gasteiger charge is -2.20. The Morgan fingerprint density at radius 1 is 1.20 bits per heavy atom. The third-order valence-electron chi connectivity index (χ3n) is 4.12. The van der Waals surface area contributed by atoms with Crippen LogP contribution in [0.1, 0.15) is 25.7 Å². The van der Waals surface area contributed by atoms with Crippen LogP contribution in [-0.4, -0.2) is 30.4 Å². The minimum absolute atomic E-state index is 0.277. The molecule has 1 aromatic rings. The molecule has 3 nitrogen and oxygen atoms in total. The van der Waals surface area contributed by atoms with E-state index in [4.69, 9.17) is 16.3 Å². The van der Waals surface area contributed by atoms with Crippen molar-refractivity contribution in [1.82, 2.24) is 5.32 Å². The van der Waals surface area contributed by atoms with E-state index in [0.717, 1.165) is 11.8 Å². The molecule has 110 valence electrons. The molecule has 0 amide bonds. The molecule has 3 rings (SSSR count). The molecule has 1 aromatic carbocycles. The predicted molar refractivity (Wildman–Crippen MR) is 80.2 cm³/mol. The zero-order valence-corrected chi connectivity index (χ0v) is 12.4. The van der Waals surface area contributed by atoms with Crippen LogP contribution < -0.4 is 10.1 Å². The fourth-order valence-corrected chi connectivity index (χ4v) is 2.90. The van der Waals surface area contributed by atoms with Crippen LogP contribution >= 0.6 is 11.6 Å². The van der Waals surface area contributed by atoms with Gasteiger partial charge >= 0.3 is 0 Å². The zero-order valence-electron chi connectivity index (χ0n) is 11.6. The number of hydrogen-bond acceptors (Lipinski definition) is 3. The first-order valence-corrected chi connectivity index (χ1v) is 7.90. The number of para-hydroxylation sites is 1. The van der Waals surface area contributed by atoms with E-state index in [9.17, 15) is 5.11 Å². The minimum atomic E-state index is -0.494. The van der Waals surface area contributed by atoms with Crippen LogP contribution in [-0.2, 0) is 0 Å². The summed E-state index contributed by atoms with van der Waals surface area (Å²) in [5, 5.41) is 14.1. The molecule has 2 saturated carbocycles. The van der Waals surface area contributed by atoms with Gasteiger partial charge in [-0.1, -0.05) is 23.7 Å². The van der Waals surface area contributed by atoms with Gasteiger partial charge in [0.2, 0.25) is 0 Å². The lowest BCUT2D eigenvalue weighted by Crippen LogP contribution is -2.40. The Morgan fingerprint density at radius 3 is 2.45 bits per heavy atom. The molecule has 2 aliphatic carbocycles. The second-order valence-electron chi connectivity index (χ2n) is 6.00. The highest BCUT2D eigenvalue weighted by molar-refractivity contribution is 6.32. The van der Waals surface area contributed by atoms with Crippen LogP contribution in [0.2, 0.25) is 5.02 Å². The summed E-state index contributed by atoms with van der Waals surface area (Å²) in [7, 11) is 0. The van der Waals surface area contributed by atoms with E-state index in [1.54, 1.807) is 6.07 Å². The predicted octanol–water partition coefficient (Wildman–Crippen LogP) is 2.86. The lowest BCUT2D eigenvalue weighted by atomic mass is 10.1. The normalized spacial score (nSPS) is 20.1. The Morgan fingerprint density at radius 2 is 1.85 bits per heavy atom. The molecule has 0 saturated heterocycles. The highest BCUT2D eigenvalue weighted by Crippen LogP contribution is 2.44. The van der Waals surface area contributed by atoms with Gasteiger partial charge < -0.3 is 15.2 Å². The van der Waals surface area contributed by atoms with Crippen molar-refractivity contribution < 1.29 is 9.84 Å². The molecule has 0 aliphatic heterocycles. The van der Waals surface area contributed by atoms with Crippen LogP contribution in [0.4, 0.5) is 0 Å². The fraction of sp³-hybridized carbons (Fsp3) is 0.625. The van der Waals surface area contributed by atoms with Crippen molar-refractivity contribution in [2.45, 2.75) is 37.8 Å². The van der Waals surface area contributed by atoms with Crippen molar-refractivity contribution >= 4 is 11.6 Å². The van der Waals surface area contributed by atoms with E-state index in [2.05, 4.69) is 5.32 Å². The van der Waals surface area contributed by atoms with Gasteiger partial charge in [0, 0.05) is 12.6 Å². The van der Waals surface area contributed by atoms with Gasteiger partial charge in [-0.25, -0.2) is 0 Å². The Hall–Kier alpha value is -0.770. The van der Waals surface area contributed by atoms with Crippen molar-refractivity contribution in [2.75, 3.05) is 13.2 Å². The average Bonchev–Trinajstić information content (AvgIpc) is 3.31. The lowest BCUT2D eigenvalue weighted by molar-refractivity contribution is 0.102. The van der Waals surface area contributed by atoms with E-state index < -0.39 is 6.10 Å². The van der Waals surface area contributed by atoms with Crippen molar-refractivity contribution in [1.29, 1.82) is 0 Å². The summed E-state index contributed by atoms with van der Waals surface area (Å²) in [6, 6.07) is 7.97. The Kier molecular flexibility index (Phi) is 4.49. The highest BCUT2D eigenvalue weighted by atomic mass is 35.5. The van der Waals surface area contributed by atoms with Crippen molar-refractivity contribution in [2.24, 2.45) is 11.8 Å². The maximum atomic E-state index is 10.0. The molecule has 4 heteroatoms. The van der Waals surface area contributed by atoms with Crippen LogP contribution in [0.15, 0.2) is 24.3 Å². The van der Waals surface area contributed by atoms with Crippen molar-refractivity contribution in [3.8, 4) is 5.75 Å². The monoisotopic (exact) mass is 295 g/mol. The van der Waals surface area contributed by atoms with Gasteiger partial charge in [0.1, 0.15) is 18.5 Å². The standard InChI is InChI=1S/C16H22ClNO2/c17-14-3-1-2-4-15(14)20-10-13(19)9-18-16(11-5-6-11)12-7-8-12/h1-4,11-13,16,18-19H,5-10H2. The summed E-state index contributed by atoms with van der Waals surface area (Å²) in [5.41, 5.74) is 0. The molecule has 0 aromatic heterocycles. The van der Waals surface area contributed by atoms with E-state index >= 15 is 0 Å². The van der Waals surface area contributed by atoms with Gasteiger partial charge in [-0.05, 0) is 49.7 Å². The molecule has 0 heterocycles. The Balaban J connectivity index is 1.40. The number of nitrogens with one attached hydrogen (secondary N) is 1.